The molecule has 36 heavy (non-hydrogen) atoms. The van der Waals surface area contributed by atoms with Crippen LogP contribution in [0.1, 0.15) is 45.1 Å². The molecule has 180 valence electrons. The van der Waals surface area contributed by atoms with E-state index in [2.05, 4.69) is 25.9 Å². The summed E-state index contributed by atoms with van der Waals surface area (Å²) in [6, 6.07) is 10.3. The second-order valence-corrected chi connectivity index (χ2v) is 8.64. The number of nitrogens with one attached hydrogen (secondary N) is 2. The van der Waals surface area contributed by atoms with Gasteiger partial charge in [0.05, 0.1) is 30.1 Å². The van der Waals surface area contributed by atoms with E-state index >= 15 is 0 Å². The van der Waals surface area contributed by atoms with Crippen molar-refractivity contribution in [2.75, 3.05) is 0 Å². The first-order chi connectivity index (χ1) is 17.5. The van der Waals surface area contributed by atoms with Crippen molar-refractivity contribution in [1.82, 2.24) is 39.9 Å². The minimum atomic E-state index is -0.681. The predicted molar refractivity (Wildman–Crippen MR) is 124 cm³/mol. The molecule has 3 aromatic heterocycles. The number of fused-ring (bicyclic) bond motifs is 2. The fraction of sp³-hybridized carbons (Fsp3) is 0.208. The topological polar surface area (TPSA) is 144 Å². The number of nitrogens with zero attached hydrogens (tertiary/aromatic N) is 6. The second kappa shape index (κ2) is 8.41. The van der Waals surface area contributed by atoms with Crippen molar-refractivity contribution >= 4 is 29.1 Å². The van der Waals surface area contributed by atoms with Crippen LogP contribution < -0.4 is 10.6 Å². The number of aromatic nitrogens is 5. The van der Waals surface area contributed by atoms with Gasteiger partial charge < -0.3 is 14.6 Å². The number of amides is 4. The van der Waals surface area contributed by atoms with Crippen molar-refractivity contribution in [3.05, 3.63) is 77.6 Å². The molecule has 2 N–H and O–H groups in total. The van der Waals surface area contributed by atoms with Gasteiger partial charge in [-0.25, -0.2) is 9.67 Å². The van der Waals surface area contributed by atoms with Crippen LogP contribution >= 0.6 is 0 Å². The number of hydrogen-bond acceptors (Lipinski definition) is 7. The maximum atomic E-state index is 13.1. The average Bonchev–Trinajstić information content (AvgIpc) is 3.60. The van der Waals surface area contributed by atoms with E-state index in [1.807, 2.05) is 28.8 Å². The van der Waals surface area contributed by atoms with E-state index in [0.29, 0.717) is 23.5 Å². The zero-order valence-corrected chi connectivity index (χ0v) is 18.9. The monoisotopic (exact) mass is 484 g/mol. The van der Waals surface area contributed by atoms with Gasteiger partial charge in [0, 0.05) is 24.7 Å². The molecular formula is C24H20N8O4. The van der Waals surface area contributed by atoms with Crippen molar-refractivity contribution in [1.29, 1.82) is 0 Å². The summed E-state index contributed by atoms with van der Waals surface area (Å²) >= 11 is 0. The molecule has 6 rings (SSSR count). The summed E-state index contributed by atoms with van der Waals surface area (Å²) in [6.45, 7) is 0.502. The van der Waals surface area contributed by atoms with Crippen LogP contribution in [0.5, 0.6) is 0 Å². The van der Waals surface area contributed by atoms with Crippen molar-refractivity contribution < 1.29 is 19.2 Å². The zero-order chi connectivity index (χ0) is 24.8. The van der Waals surface area contributed by atoms with E-state index in [4.69, 9.17) is 0 Å². The highest BCUT2D eigenvalue weighted by Gasteiger charge is 2.39. The normalized spacial score (nSPS) is 17.4. The highest BCUT2D eigenvalue weighted by molar-refractivity contribution is 6.05. The molecule has 1 saturated heterocycles. The second-order valence-electron chi connectivity index (χ2n) is 8.64. The largest absolute Gasteiger partial charge is 0.343 e. The summed E-state index contributed by atoms with van der Waals surface area (Å²) in [5.74, 6) is -0.791. The van der Waals surface area contributed by atoms with Gasteiger partial charge in [0.1, 0.15) is 11.9 Å². The van der Waals surface area contributed by atoms with Crippen molar-refractivity contribution in [2.24, 2.45) is 0 Å². The Morgan fingerprint density at radius 3 is 2.92 bits per heavy atom. The van der Waals surface area contributed by atoms with E-state index in [1.165, 1.54) is 15.8 Å². The number of carbonyl (C=O) groups excluding carboxylic acids is 4. The van der Waals surface area contributed by atoms with Crippen LogP contribution in [0, 0.1) is 0 Å². The van der Waals surface area contributed by atoms with Crippen LogP contribution in [0.15, 0.2) is 55.0 Å². The van der Waals surface area contributed by atoms with Crippen molar-refractivity contribution in [2.45, 2.75) is 32.0 Å². The summed E-state index contributed by atoms with van der Waals surface area (Å²) in [6.07, 6.45) is 5.58. The lowest BCUT2D eigenvalue weighted by Gasteiger charge is -2.29. The summed E-state index contributed by atoms with van der Waals surface area (Å²) < 4.78 is 3.30. The fourth-order valence-electron chi connectivity index (χ4n) is 4.56. The summed E-state index contributed by atoms with van der Waals surface area (Å²) in [5.41, 5.74) is 2.82. The van der Waals surface area contributed by atoms with Crippen LogP contribution in [0.4, 0.5) is 0 Å². The number of benzene rings is 1. The molecule has 12 heteroatoms. The minimum Gasteiger partial charge on any atom is -0.343 e. The number of piperidine rings is 1. The standard InChI is InChI=1S/C24H20N8O4/c33-21-7-6-19(23(35)27-21)31-12-14-4-5-15(9-17(14)24(31)36)32-13-18(28-29-32)22(34)26-11-20-25-10-16-3-1-2-8-30(16)20/h1-5,8-10,13,19H,6-7,11-12H2,(H,26,34)(H,27,33,35). The third kappa shape index (κ3) is 3.68. The van der Waals surface area contributed by atoms with Gasteiger partial charge in [-0.1, -0.05) is 17.3 Å². The Hall–Kier alpha value is -4.87. The lowest BCUT2D eigenvalue weighted by molar-refractivity contribution is -0.136. The lowest BCUT2D eigenvalue weighted by Crippen LogP contribution is -2.52. The Kier molecular flexibility index (Phi) is 5.06. The molecule has 2 aliphatic rings. The number of hydrogen-bond donors (Lipinski definition) is 2. The van der Waals surface area contributed by atoms with Gasteiger partial charge in [-0.2, -0.15) is 0 Å². The number of pyridine rings is 1. The van der Waals surface area contributed by atoms with Gasteiger partial charge >= 0.3 is 0 Å². The zero-order valence-electron chi connectivity index (χ0n) is 18.9. The Labute approximate surface area is 203 Å². The maximum absolute atomic E-state index is 13.1. The van der Waals surface area contributed by atoms with Crippen LogP contribution in [0.25, 0.3) is 11.2 Å². The Morgan fingerprint density at radius 1 is 1.17 bits per heavy atom. The molecular weight excluding hydrogens is 464 g/mol. The molecule has 2 aliphatic heterocycles. The third-order valence-corrected chi connectivity index (χ3v) is 6.42. The maximum Gasteiger partial charge on any atom is 0.273 e. The SMILES string of the molecule is O=C1CCC(N2Cc3ccc(-n4cc(C(=O)NCc5ncc6ccccn56)nn4)cc3C2=O)C(=O)N1. The number of imide groups is 1. The highest BCUT2D eigenvalue weighted by atomic mass is 16.2. The average molecular weight is 484 g/mol. The number of rotatable bonds is 5. The van der Waals surface area contributed by atoms with Crippen LogP contribution in [0.3, 0.4) is 0 Å². The summed E-state index contributed by atoms with van der Waals surface area (Å²) in [7, 11) is 0. The van der Waals surface area contributed by atoms with Gasteiger partial charge in [0.2, 0.25) is 11.8 Å². The first-order valence-corrected chi connectivity index (χ1v) is 11.4. The number of carbonyl (C=O) groups is 4. The molecule has 0 saturated carbocycles. The molecule has 1 unspecified atom stereocenters. The first kappa shape index (κ1) is 21.6. The highest BCUT2D eigenvalue weighted by Crippen LogP contribution is 2.29. The molecule has 0 bridgehead atoms. The predicted octanol–water partition coefficient (Wildman–Crippen LogP) is 0.606. The fourth-order valence-corrected chi connectivity index (χ4v) is 4.56. The van der Waals surface area contributed by atoms with Crippen molar-refractivity contribution in [3.8, 4) is 5.69 Å². The number of imidazole rings is 1. The Bertz CT molecular complexity index is 1550. The van der Waals surface area contributed by atoms with Crippen LogP contribution in [-0.4, -0.2) is 58.9 Å². The van der Waals surface area contributed by atoms with E-state index in [9.17, 15) is 19.2 Å². The summed E-state index contributed by atoms with van der Waals surface area (Å²) in [5, 5.41) is 13.1. The lowest BCUT2D eigenvalue weighted by atomic mass is 10.0. The molecule has 1 aromatic carbocycles. The van der Waals surface area contributed by atoms with Crippen LogP contribution in [0.2, 0.25) is 0 Å². The molecule has 4 aromatic rings. The molecule has 12 nitrogen and oxygen atoms in total. The van der Waals surface area contributed by atoms with E-state index in [-0.39, 0.29) is 37.0 Å². The van der Waals surface area contributed by atoms with E-state index < -0.39 is 17.9 Å². The van der Waals surface area contributed by atoms with Gasteiger partial charge in [-0.05, 0) is 36.2 Å². The Balaban J connectivity index is 1.16. The van der Waals surface area contributed by atoms with E-state index in [0.717, 1.165) is 11.1 Å². The first-order valence-electron chi connectivity index (χ1n) is 11.4. The quantitative estimate of drug-likeness (QED) is 0.395. The molecule has 4 amide bonds. The minimum absolute atomic E-state index is 0.118. The van der Waals surface area contributed by atoms with E-state index in [1.54, 1.807) is 24.4 Å². The molecule has 1 atom stereocenters. The molecule has 0 aliphatic carbocycles. The Morgan fingerprint density at radius 2 is 2.06 bits per heavy atom. The third-order valence-electron chi connectivity index (χ3n) is 6.42. The smallest absolute Gasteiger partial charge is 0.273 e. The molecule has 1 fully saturated rings. The van der Waals surface area contributed by atoms with Gasteiger partial charge in [-0.3, -0.25) is 24.5 Å². The van der Waals surface area contributed by atoms with Crippen LogP contribution in [-0.2, 0) is 22.7 Å². The van der Waals surface area contributed by atoms with Gasteiger partial charge in [0.25, 0.3) is 11.8 Å². The molecule has 0 spiro atoms. The molecule has 0 radical (unpaired) electrons. The van der Waals surface area contributed by atoms with Gasteiger partial charge in [-0.15, -0.1) is 5.10 Å². The van der Waals surface area contributed by atoms with Gasteiger partial charge in [0.15, 0.2) is 5.69 Å². The summed E-state index contributed by atoms with van der Waals surface area (Å²) in [4.78, 5) is 55.2. The van der Waals surface area contributed by atoms with Crippen molar-refractivity contribution in [3.63, 3.8) is 0 Å². The molecule has 5 heterocycles.